The predicted octanol–water partition coefficient (Wildman–Crippen LogP) is 4.22. The van der Waals surface area contributed by atoms with Gasteiger partial charge < -0.3 is 4.74 Å². The van der Waals surface area contributed by atoms with E-state index in [1.165, 1.54) is 22.3 Å². The molecule has 0 unspecified atom stereocenters. The van der Waals surface area contributed by atoms with Crippen LogP contribution in [0.2, 0.25) is 0 Å². The van der Waals surface area contributed by atoms with Crippen LogP contribution in [-0.2, 0) is 14.8 Å². The number of benzene rings is 1. The quantitative estimate of drug-likeness (QED) is 0.545. The molecule has 0 aliphatic rings. The van der Waals surface area contributed by atoms with E-state index in [9.17, 15) is 13.2 Å². The number of hydrogen-bond donors (Lipinski definition) is 1. The molecule has 1 amide bonds. The summed E-state index contributed by atoms with van der Waals surface area (Å²) < 4.78 is 32.9. The fourth-order valence-electron chi connectivity index (χ4n) is 2.45. The SMILES string of the molecule is CC(C)(C)OC(=O)Nc1cnc2c(c1)cc(I)n2S(=O)(=O)c1ccccc1. The van der Waals surface area contributed by atoms with E-state index in [-0.39, 0.29) is 10.5 Å². The van der Waals surface area contributed by atoms with Crippen molar-refractivity contribution in [1.29, 1.82) is 0 Å². The second kappa shape index (κ2) is 7.12. The second-order valence-electron chi connectivity index (χ2n) is 6.81. The zero-order chi connectivity index (χ0) is 19.8. The number of fused-ring (bicyclic) bond motifs is 1. The van der Waals surface area contributed by atoms with Crippen LogP contribution < -0.4 is 5.32 Å². The standard InChI is InChI=1S/C18H18IN3O4S/c1-18(2,3)26-17(23)21-13-9-12-10-15(19)22(16(12)20-11-13)27(24,25)14-7-5-4-6-8-14/h4-11H,1-3H3,(H,21,23). The molecule has 0 bridgehead atoms. The molecule has 142 valence electrons. The van der Waals surface area contributed by atoms with Gasteiger partial charge in [-0.1, -0.05) is 18.2 Å². The molecule has 1 N–H and O–H groups in total. The van der Waals surface area contributed by atoms with Crippen molar-refractivity contribution in [3.05, 3.63) is 52.4 Å². The highest BCUT2D eigenvalue weighted by Crippen LogP contribution is 2.27. The first kappa shape index (κ1) is 19.6. The van der Waals surface area contributed by atoms with Crippen LogP contribution in [0.25, 0.3) is 11.0 Å². The Morgan fingerprint density at radius 2 is 1.85 bits per heavy atom. The summed E-state index contributed by atoms with van der Waals surface area (Å²) in [5, 5.41) is 3.20. The van der Waals surface area contributed by atoms with Gasteiger partial charge >= 0.3 is 6.09 Å². The largest absolute Gasteiger partial charge is 0.444 e. The minimum atomic E-state index is -3.78. The topological polar surface area (TPSA) is 90.3 Å². The fraction of sp³-hybridized carbons (Fsp3) is 0.222. The average Bonchev–Trinajstić information content (AvgIpc) is 2.89. The molecule has 9 heteroatoms. The van der Waals surface area contributed by atoms with E-state index in [2.05, 4.69) is 10.3 Å². The zero-order valence-electron chi connectivity index (χ0n) is 14.9. The highest BCUT2D eigenvalue weighted by atomic mass is 127. The molecule has 0 aliphatic heterocycles. The number of hydrogen-bond acceptors (Lipinski definition) is 5. The Bertz CT molecular complexity index is 1100. The Labute approximate surface area is 170 Å². The number of nitrogens with one attached hydrogen (secondary N) is 1. The van der Waals surface area contributed by atoms with Gasteiger partial charge in [-0.15, -0.1) is 0 Å². The summed E-state index contributed by atoms with van der Waals surface area (Å²) in [4.78, 5) is 16.3. The van der Waals surface area contributed by atoms with Crippen LogP contribution in [0.4, 0.5) is 10.5 Å². The monoisotopic (exact) mass is 499 g/mol. The number of pyridine rings is 1. The van der Waals surface area contributed by atoms with Gasteiger partial charge in [-0.25, -0.2) is 22.2 Å². The van der Waals surface area contributed by atoms with E-state index in [0.29, 0.717) is 14.8 Å². The van der Waals surface area contributed by atoms with Crippen LogP contribution >= 0.6 is 22.6 Å². The third kappa shape index (κ3) is 4.24. The van der Waals surface area contributed by atoms with E-state index in [4.69, 9.17) is 4.74 Å². The lowest BCUT2D eigenvalue weighted by molar-refractivity contribution is 0.0636. The van der Waals surface area contributed by atoms with Crippen molar-refractivity contribution in [3.63, 3.8) is 0 Å². The van der Waals surface area contributed by atoms with Crippen LogP contribution in [0.15, 0.2) is 53.6 Å². The van der Waals surface area contributed by atoms with Crippen LogP contribution in [0.5, 0.6) is 0 Å². The smallest absolute Gasteiger partial charge is 0.412 e. The van der Waals surface area contributed by atoms with Crippen molar-refractivity contribution >= 4 is 55.4 Å². The van der Waals surface area contributed by atoms with Crippen molar-refractivity contribution in [2.24, 2.45) is 0 Å². The molecule has 0 saturated carbocycles. The maximum absolute atomic E-state index is 13.0. The Morgan fingerprint density at radius 1 is 1.19 bits per heavy atom. The lowest BCUT2D eigenvalue weighted by Crippen LogP contribution is -2.27. The van der Waals surface area contributed by atoms with Crippen molar-refractivity contribution < 1.29 is 17.9 Å². The summed E-state index contributed by atoms with van der Waals surface area (Å²) in [5.74, 6) is 0. The van der Waals surface area contributed by atoms with Gasteiger partial charge in [-0.05, 0) is 67.6 Å². The summed E-state index contributed by atoms with van der Waals surface area (Å²) in [5.41, 5.74) is 0.0878. The minimum Gasteiger partial charge on any atom is -0.444 e. The minimum absolute atomic E-state index is 0.179. The van der Waals surface area contributed by atoms with E-state index in [0.717, 1.165) is 0 Å². The molecule has 27 heavy (non-hydrogen) atoms. The van der Waals surface area contributed by atoms with E-state index < -0.39 is 21.7 Å². The normalized spacial score (nSPS) is 12.1. The number of carbonyl (C=O) groups is 1. The van der Waals surface area contributed by atoms with Gasteiger partial charge in [0.2, 0.25) is 0 Å². The summed E-state index contributed by atoms with van der Waals surface area (Å²) in [6, 6.07) is 11.5. The summed E-state index contributed by atoms with van der Waals surface area (Å²) >= 11 is 1.95. The molecule has 3 aromatic rings. The lowest BCUT2D eigenvalue weighted by atomic mass is 10.2. The number of amides is 1. The van der Waals surface area contributed by atoms with Crippen LogP contribution in [-0.4, -0.2) is 29.1 Å². The van der Waals surface area contributed by atoms with Crippen molar-refractivity contribution in [3.8, 4) is 0 Å². The van der Waals surface area contributed by atoms with E-state index in [1.54, 1.807) is 51.1 Å². The van der Waals surface area contributed by atoms with Gasteiger partial charge in [0.05, 0.1) is 20.5 Å². The number of halogens is 1. The molecule has 2 heterocycles. The Balaban J connectivity index is 1.99. The molecule has 0 spiro atoms. The molecule has 7 nitrogen and oxygen atoms in total. The molecule has 3 rings (SSSR count). The first-order valence-electron chi connectivity index (χ1n) is 8.05. The predicted molar refractivity (Wildman–Crippen MR) is 111 cm³/mol. The molecule has 0 atom stereocenters. The Kier molecular flexibility index (Phi) is 5.17. The third-order valence-electron chi connectivity index (χ3n) is 3.48. The second-order valence-corrected chi connectivity index (χ2v) is 9.71. The van der Waals surface area contributed by atoms with Gasteiger partial charge in [0.15, 0.2) is 5.65 Å². The average molecular weight is 499 g/mol. The maximum atomic E-state index is 13.0. The highest BCUT2D eigenvalue weighted by molar-refractivity contribution is 14.1. The highest BCUT2D eigenvalue weighted by Gasteiger charge is 2.23. The van der Waals surface area contributed by atoms with Gasteiger partial charge in [-0.2, -0.15) is 0 Å². The van der Waals surface area contributed by atoms with E-state index in [1.807, 2.05) is 22.6 Å². The fourth-order valence-corrected chi connectivity index (χ4v) is 5.17. The number of rotatable bonds is 3. The number of carbonyl (C=O) groups excluding carboxylic acids is 1. The maximum Gasteiger partial charge on any atom is 0.412 e. The first-order chi connectivity index (χ1) is 12.6. The Hall–Kier alpha value is -2.14. The Morgan fingerprint density at radius 3 is 2.48 bits per heavy atom. The number of aromatic nitrogens is 2. The first-order valence-corrected chi connectivity index (χ1v) is 10.6. The molecule has 0 aliphatic carbocycles. The molecular formula is C18H18IN3O4S. The number of anilines is 1. The summed E-state index contributed by atoms with van der Waals surface area (Å²) in [7, 11) is -3.78. The molecule has 0 saturated heterocycles. The van der Waals surface area contributed by atoms with Crippen molar-refractivity contribution in [2.45, 2.75) is 31.3 Å². The summed E-state index contributed by atoms with van der Waals surface area (Å²) in [6.45, 7) is 5.31. The van der Waals surface area contributed by atoms with Gasteiger partial charge in [0.1, 0.15) is 5.60 Å². The number of nitrogens with zero attached hydrogens (tertiary/aromatic N) is 2. The summed E-state index contributed by atoms with van der Waals surface area (Å²) in [6.07, 6.45) is 0.800. The zero-order valence-corrected chi connectivity index (χ0v) is 17.9. The number of ether oxygens (including phenoxy) is 1. The van der Waals surface area contributed by atoms with E-state index >= 15 is 0 Å². The molecule has 1 aromatic carbocycles. The molecule has 0 fully saturated rings. The van der Waals surface area contributed by atoms with Crippen molar-refractivity contribution in [1.82, 2.24) is 8.96 Å². The van der Waals surface area contributed by atoms with Gasteiger partial charge in [0, 0.05) is 5.39 Å². The van der Waals surface area contributed by atoms with Crippen LogP contribution in [0.1, 0.15) is 20.8 Å². The molecule has 2 aromatic heterocycles. The molecular weight excluding hydrogens is 481 g/mol. The molecule has 0 radical (unpaired) electrons. The van der Waals surface area contributed by atoms with Gasteiger partial charge in [-0.3, -0.25) is 5.32 Å². The van der Waals surface area contributed by atoms with Gasteiger partial charge in [0.25, 0.3) is 10.0 Å². The van der Waals surface area contributed by atoms with Crippen molar-refractivity contribution in [2.75, 3.05) is 5.32 Å². The third-order valence-corrected chi connectivity index (χ3v) is 6.32. The van der Waals surface area contributed by atoms with Crippen LogP contribution in [0.3, 0.4) is 0 Å². The van der Waals surface area contributed by atoms with Crippen LogP contribution in [0, 0.1) is 3.70 Å². The lowest BCUT2D eigenvalue weighted by Gasteiger charge is -2.19.